The summed E-state index contributed by atoms with van der Waals surface area (Å²) in [6, 6.07) is 5.13. The molecule has 0 unspecified atom stereocenters. The average molecular weight is 375 g/mol. The van der Waals surface area contributed by atoms with E-state index in [0.29, 0.717) is 17.7 Å². The summed E-state index contributed by atoms with van der Waals surface area (Å²) < 4.78 is 4.72. The van der Waals surface area contributed by atoms with Gasteiger partial charge >= 0.3 is 5.97 Å². The van der Waals surface area contributed by atoms with Crippen molar-refractivity contribution >= 4 is 29.4 Å². The third-order valence-electron chi connectivity index (χ3n) is 4.24. The molecule has 2 rings (SSSR count). The van der Waals surface area contributed by atoms with Gasteiger partial charge in [0.1, 0.15) is 12.1 Å². The van der Waals surface area contributed by atoms with Gasteiger partial charge in [-0.05, 0) is 30.9 Å². The Morgan fingerprint density at radius 3 is 2.59 bits per heavy atom. The monoisotopic (exact) mass is 375 g/mol. The minimum atomic E-state index is -0.836. The highest BCUT2D eigenvalue weighted by molar-refractivity contribution is 6.09. The van der Waals surface area contributed by atoms with Crippen LogP contribution >= 0.6 is 0 Å². The van der Waals surface area contributed by atoms with E-state index in [1.165, 1.54) is 7.11 Å². The first-order chi connectivity index (χ1) is 12.8. The van der Waals surface area contributed by atoms with Gasteiger partial charge < -0.3 is 20.7 Å². The molecule has 27 heavy (non-hydrogen) atoms. The zero-order valence-corrected chi connectivity index (χ0v) is 15.7. The van der Waals surface area contributed by atoms with Crippen LogP contribution in [0.2, 0.25) is 0 Å². The Kier molecular flexibility index (Phi) is 6.92. The third-order valence-corrected chi connectivity index (χ3v) is 4.24. The van der Waals surface area contributed by atoms with Gasteiger partial charge in [0.25, 0.3) is 5.91 Å². The van der Waals surface area contributed by atoms with Crippen molar-refractivity contribution in [1.29, 1.82) is 0 Å². The van der Waals surface area contributed by atoms with Crippen molar-refractivity contribution in [2.45, 2.75) is 45.2 Å². The fraction of sp³-hybridized carbons (Fsp3) is 0.474. The molecule has 1 aliphatic rings. The van der Waals surface area contributed by atoms with Crippen LogP contribution in [-0.4, -0.2) is 42.9 Å². The summed E-state index contributed by atoms with van der Waals surface area (Å²) in [5, 5.41) is 7.97. The van der Waals surface area contributed by atoms with Crippen LogP contribution in [0.1, 0.15) is 43.5 Å². The molecule has 146 valence electrons. The molecule has 0 fully saturated rings. The number of rotatable bonds is 7. The maximum Gasteiger partial charge on any atom is 0.328 e. The molecule has 0 saturated carbocycles. The number of amides is 3. The van der Waals surface area contributed by atoms with E-state index in [9.17, 15) is 19.2 Å². The van der Waals surface area contributed by atoms with E-state index in [0.717, 1.165) is 0 Å². The van der Waals surface area contributed by atoms with Crippen molar-refractivity contribution in [3.8, 4) is 0 Å². The van der Waals surface area contributed by atoms with Gasteiger partial charge in [-0.15, -0.1) is 0 Å². The van der Waals surface area contributed by atoms with Crippen LogP contribution in [0.15, 0.2) is 24.3 Å². The highest BCUT2D eigenvalue weighted by atomic mass is 16.5. The largest absolute Gasteiger partial charge is 0.467 e. The van der Waals surface area contributed by atoms with Crippen LogP contribution in [0.5, 0.6) is 0 Å². The number of benzene rings is 1. The molecule has 1 aromatic rings. The molecule has 2 atom stereocenters. The molecule has 3 N–H and O–H groups in total. The first-order valence-electron chi connectivity index (χ1n) is 8.89. The van der Waals surface area contributed by atoms with E-state index in [1.54, 1.807) is 24.3 Å². The number of ether oxygens (including phenoxy) is 1. The number of methoxy groups -OCH3 is 1. The average Bonchev–Trinajstić information content (AvgIpc) is 2.74. The topological polar surface area (TPSA) is 114 Å². The number of anilines is 1. The first-order valence-corrected chi connectivity index (χ1v) is 8.89. The van der Waals surface area contributed by atoms with Gasteiger partial charge in [0.05, 0.1) is 18.4 Å². The Balaban J connectivity index is 1.95. The minimum Gasteiger partial charge on any atom is -0.467 e. The van der Waals surface area contributed by atoms with Crippen LogP contribution in [0.3, 0.4) is 0 Å². The van der Waals surface area contributed by atoms with E-state index in [4.69, 9.17) is 4.74 Å². The normalized spacial score (nSPS) is 17.3. The molecule has 0 aliphatic carbocycles. The van der Waals surface area contributed by atoms with Gasteiger partial charge in [0.2, 0.25) is 11.8 Å². The van der Waals surface area contributed by atoms with E-state index in [-0.39, 0.29) is 36.5 Å². The molecule has 8 nitrogen and oxygen atoms in total. The highest BCUT2D eigenvalue weighted by Gasteiger charge is 2.29. The minimum absolute atomic E-state index is 0.0136. The summed E-state index contributed by atoms with van der Waals surface area (Å²) >= 11 is 0. The molecule has 3 amide bonds. The van der Waals surface area contributed by atoms with Gasteiger partial charge in [0.15, 0.2) is 0 Å². The van der Waals surface area contributed by atoms with E-state index in [2.05, 4.69) is 16.0 Å². The quantitative estimate of drug-likeness (QED) is 0.620. The standard InChI is InChI=1S/C19H25N3O5/c1-11(2)10-15(19(26)27-3)20-16(23)9-8-14-18(25)21-13-7-5-4-6-12(13)17(24)22-14/h4-7,11,14-15H,8-10H2,1-3H3,(H,20,23)(H,21,25)(H,22,24)/t14-,15-/m0/s1. The van der Waals surface area contributed by atoms with E-state index >= 15 is 0 Å². The Bertz CT molecular complexity index is 732. The molecule has 0 spiro atoms. The summed E-state index contributed by atoms with van der Waals surface area (Å²) in [5.41, 5.74) is 0.815. The Hall–Kier alpha value is -2.90. The Labute approximate surface area is 158 Å². The third kappa shape index (κ3) is 5.54. The van der Waals surface area contributed by atoms with Crippen molar-refractivity contribution < 1.29 is 23.9 Å². The number of esters is 1. The van der Waals surface area contributed by atoms with Crippen molar-refractivity contribution in [3.63, 3.8) is 0 Å². The summed E-state index contributed by atoms with van der Waals surface area (Å²) in [4.78, 5) is 48.6. The first kappa shape index (κ1) is 20.4. The highest BCUT2D eigenvalue weighted by Crippen LogP contribution is 2.19. The van der Waals surface area contributed by atoms with E-state index in [1.807, 2.05) is 13.8 Å². The molecule has 1 aromatic carbocycles. The Morgan fingerprint density at radius 1 is 1.22 bits per heavy atom. The number of hydrogen-bond donors (Lipinski definition) is 3. The summed E-state index contributed by atoms with van der Waals surface area (Å²) in [6.45, 7) is 3.87. The molecule has 0 saturated heterocycles. The number of hydrogen-bond acceptors (Lipinski definition) is 5. The Morgan fingerprint density at radius 2 is 1.93 bits per heavy atom. The lowest BCUT2D eigenvalue weighted by atomic mass is 10.0. The molecule has 1 aliphatic heterocycles. The summed E-state index contributed by atoms with van der Waals surface area (Å²) in [7, 11) is 1.27. The van der Waals surface area contributed by atoms with Gasteiger partial charge in [-0.3, -0.25) is 14.4 Å². The van der Waals surface area contributed by atoms with Gasteiger partial charge in [-0.25, -0.2) is 4.79 Å². The van der Waals surface area contributed by atoms with Crippen molar-refractivity contribution in [1.82, 2.24) is 10.6 Å². The van der Waals surface area contributed by atoms with Crippen LogP contribution in [0.4, 0.5) is 5.69 Å². The van der Waals surface area contributed by atoms with E-state index < -0.39 is 18.1 Å². The predicted octanol–water partition coefficient (Wildman–Crippen LogP) is 1.22. The van der Waals surface area contributed by atoms with Crippen LogP contribution in [0.25, 0.3) is 0 Å². The second-order valence-electron chi connectivity index (χ2n) is 6.87. The molecular formula is C19H25N3O5. The van der Waals surface area contributed by atoms with Crippen molar-refractivity contribution in [2.24, 2.45) is 5.92 Å². The maximum atomic E-state index is 12.3. The molecular weight excluding hydrogens is 350 g/mol. The fourth-order valence-electron chi connectivity index (χ4n) is 2.88. The number of para-hydroxylation sites is 1. The SMILES string of the molecule is COC(=O)[C@H](CC(C)C)NC(=O)CC[C@@H]1NC(=O)c2ccccc2NC1=O. The van der Waals surface area contributed by atoms with Gasteiger partial charge in [-0.2, -0.15) is 0 Å². The van der Waals surface area contributed by atoms with Gasteiger partial charge in [0, 0.05) is 6.42 Å². The number of carbonyl (C=O) groups excluding carboxylic acids is 4. The zero-order chi connectivity index (χ0) is 20.0. The van der Waals surface area contributed by atoms with Crippen LogP contribution in [0, 0.1) is 5.92 Å². The lowest BCUT2D eigenvalue weighted by Gasteiger charge is -2.19. The van der Waals surface area contributed by atoms with Crippen molar-refractivity contribution in [3.05, 3.63) is 29.8 Å². The number of fused-ring (bicyclic) bond motifs is 1. The lowest BCUT2D eigenvalue weighted by Crippen LogP contribution is -2.44. The summed E-state index contributed by atoms with van der Waals surface area (Å²) in [6.07, 6.45) is 0.557. The predicted molar refractivity (Wildman–Crippen MR) is 99.0 cm³/mol. The molecule has 8 heteroatoms. The summed E-state index contributed by atoms with van der Waals surface area (Å²) in [5.74, 6) is -1.45. The second kappa shape index (κ2) is 9.16. The lowest BCUT2D eigenvalue weighted by molar-refractivity contribution is -0.145. The van der Waals surface area contributed by atoms with Crippen LogP contribution < -0.4 is 16.0 Å². The maximum absolute atomic E-state index is 12.3. The molecule has 1 heterocycles. The molecule has 0 aromatic heterocycles. The number of nitrogens with one attached hydrogen (secondary N) is 3. The smallest absolute Gasteiger partial charge is 0.328 e. The molecule has 0 radical (unpaired) electrons. The van der Waals surface area contributed by atoms with Crippen molar-refractivity contribution in [2.75, 3.05) is 12.4 Å². The zero-order valence-electron chi connectivity index (χ0n) is 15.7. The number of carbonyl (C=O) groups is 4. The van der Waals surface area contributed by atoms with Gasteiger partial charge in [-0.1, -0.05) is 26.0 Å². The van der Waals surface area contributed by atoms with Crippen LogP contribution in [-0.2, 0) is 19.1 Å². The fourth-order valence-corrected chi connectivity index (χ4v) is 2.88. The second-order valence-corrected chi connectivity index (χ2v) is 6.87. The molecule has 0 bridgehead atoms.